The third kappa shape index (κ3) is 3.98. The van der Waals surface area contributed by atoms with Gasteiger partial charge in [-0.05, 0) is 57.4 Å². The fourth-order valence-corrected chi connectivity index (χ4v) is 3.42. The van der Waals surface area contributed by atoms with Crippen molar-refractivity contribution in [1.82, 2.24) is 10.2 Å². The zero-order valence-corrected chi connectivity index (χ0v) is 13.2. The molecule has 0 aliphatic carbocycles. The molecule has 0 saturated carbocycles. The Balaban J connectivity index is 1.40. The number of fused-ring (bicyclic) bond motifs is 1. The number of likely N-dealkylation sites (tertiary alicyclic amines) is 1. The zero-order valence-electron chi connectivity index (χ0n) is 13.2. The number of piperidine rings is 1. The molecule has 0 aromatic heterocycles. The van der Waals surface area contributed by atoms with Crippen molar-refractivity contribution in [2.75, 3.05) is 32.8 Å². The molecule has 0 amide bonds. The van der Waals surface area contributed by atoms with Gasteiger partial charge in [-0.25, -0.2) is 0 Å². The zero-order chi connectivity index (χ0) is 14.5. The Kier molecular flexibility index (Phi) is 5.15. The molecule has 0 spiro atoms. The highest BCUT2D eigenvalue weighted by atomic mass is 16.5. The summed E-state index contributed by atoms with van der Waals surface area (Å²) in [5, 5.41) is 3.72. The van der Waals surface area contributed by atoms with E-state index in [1.165, 1.54) is 44.5 Å². The van der Waals surface area contributed by atoms with E-state index in [0.717, 1.165) is 31.2 Å². The fraction of sp³-hybridized carbons (Fsp3) is 0.667. The Morgan fingerprint density at radius 1 is 1.19 bits per heavy atom. The molecule has 0 radical (unpaired) electrons. The summed E-state index contributed by atoms with van der Waals surface area (Å²) < 4.78 is 5.72. The minimum atomic E-state index is 0.469. The number of benzene rings is 1. The van der Waals surface area contributed by atoms with Crippen LogP contribution in [0.5, 0.6) is 5.75 Å². The lowest BCUT2D eigenvalue weighted by Crippen LogP contribution is -2.35. The van der Waals surface area contributed by atoms with Gasteiger partial charge < -0.3 is 15.0 Å². The van der Waals surface area contributed by atoms with Crippen LogP contribution in [0.15, 0.2) is 24.3 Å². The standard InChI is InChI=1S/C18H28N2O/c1-15-7-12-20(13-8-15)11-4-10-19-17-9-14-21-18-6-3-2-5-16(17)18/h2-3,5-6,15,17,19H,4,7-14H2,1H3. The van der Waals surface area contributed by atoms with Gasteiger partial charge in [-0.1, -0.05) is 25.1 Å². The predicted octanol–water partition coefficient (Wildman–Crippen LogP) is 3.22. The maximum atomic E-state index is 5.72. The molecule has 3 rings (SSSR count). The van der Waals surface area contributed by atoms with Crippen molar-refractivity contribution in [2.45, 2.75) is 38.6 Å². The minimum Gasteiger partial charge on any atom is -0.493 e. The molecular formula is C18H28N2O. The molecule has 2 aliphatic heterocycles. The van der Waals surface area contributed by atoms with E-state index in [1.54, 1.807) is 0 Å². The lowest BCUT2D eigenvalue weighted by molar-refractivity contribution is 0.188. The van der Waals surface area contributed by atoms with E-state index in [9.17, 15) is 0 Å². The molecule has 1 N–H and O–H groups in total. The minimum absolute atomic E-state index is 0.469. The van der Waals surface area contributed by atoms with Crippen molar-refractivity contribution in [3.05, 3.63) is 29.8 Å². The summed E-state index contributed by atoms with van der Waals surface area (Å²) in [7, 11) is 0. The van der Waals surface area contributed by atoms with Gasteiger partial charge in [0.05, 0.1) is 6.61 Å². The molecule has 1 saturated heterocycles. The summed E-state index contributed by atoms with van der Waals surface area (Å²) in [5.74, 6) is 1.99. The Bertz CT molecular complexity index is 441. The van der Waals surface area contributed by atoms with Crippen molar-refractivity contribution in [3.63, 3.8) is 0 Å². The molecule has 2 heterocycles. The second-order valence-electron chi connectivity index (χ2n) is 6.56. The highest BCUT2D eigenvalue weighted by Gasteiger charge is 2.20. The maximum Gasteiger partial charge on any atom is 0.124 e. The van der Waals surface area contributed by atoms with Gasteiger partial charge in [-0.15, -0.1) is 0 Å². The second kappa shape index (κ2) is 7.28. The highest BCUT2D eigenvalue weighted by molar-refractivity contribution is 5.37. The first-order valence-electron chi connectivity index (χ1n) is 8.50. The van der Waals surface area contributed by atoms with E-state index in [4.69, 9.17) is 4.74 Å². The Morgan fingerprint density at radius 3 is 2.86 bits per heavy atom. The Labute approximate surface area is 128 Å². The SMILES string of the molecule is CC1CCN(CCCNC2CCOc3ccccc32)CC1. The van der Waals surface area contributed by atoms with Gasteiger partial charge in [0.25, 0.3) is 0 Å². The van der Waals surface area contributed by atoms with Gasteiger partial charge in [-0.2, -0.15) is 0 Å². The summed E-state index contributed by atoms with van der Waals surface area (Å²) >= 11 is 0. The number of hydrogen-bond acceptors (Lipinski definition) is 3. The third-order valence-electron chi connectivity index (χ3n) is 4.88. The Morgan fingerprint density at radius 2 is 2.00 bits per heavy atom. The topological polar surface area (TPSA) is 24.5 Å². The fourth-order valence-electron chi connectivity index (χ4n) is 3.42. The smallest absolute Gasteiger partial charge is 0.124 e. The first-order valence-corrected chi connectivity index (χ1v) is 8.50. The molecule has 21 heavy (non-hydrogen) atoms. The normalized spacial score (nSPS) is 23.6. The van der Waals surface area contributed by atoms with Crippen molar-refractivity contribution < 1.29 is 4.74 Å². The van der Waals surface area contributed by atoms with Crippen LogP contribution < -0.4 is 10.1 Å². The van der Waals surface area contributed by atoms with E-state index >= 15 is 0 Å². The van der Waals surface area contributed by atoms with Crippen LogP contribution in [0.4, 0.5) is 0 Å². The van der Waals surface area contributed by atoms with Crippen LogP contribution in [0, 0.1) is 5.92 Å². The molecule has 1 aromatic rings. The van der Waals surface area contributed by atoms with E-state index < -0.39 is 0 Å². The van der Waals surface area contributed by atoms with Crippen LogP contribution in [0.25, 0.3) is 0 Å². The van der Waals surface area contributed by atoms with Crippen molar-refractivity contribution >= 4 is 0 Å². The number of ether oxygens (including phenoxy) is 1. The molecule has 1 unspecified atom stereocenters. The number of hydrogen-bond donors (Lipinski definition) is 1. The van der Waals surface area contributed by atoms with E-state index in [2.05, 4.69) is 41.4 Å². The molecule has 116 valence electrons. The van der Waals surface area contributed by atoms with Gasteiger partial charge in [0.15, 0.2) is 0 Å². The summed E-state index contributed by atoms with van der Waals surface area (Å²) in [6.07, 6.45) is 5.08. The Hall–Kier alpha value is -1.06. The predicted molar refractivity (Wildman–Crippen MR) is 86.8 cm³/mol. The summed E-state index contributed by atoms with van der Waals surface area (Å²) in [4.78, 5) is 2.62. The van der Waals surface area contributed by atoms with Crippen LogP contribution in [-0.2, 0) is 0 Å². The number of rotatable bonds is 5. The second-order valence-corrected chi connectivity index (χ2v) is 6.56. The van der Waals surface area contributed by atoms with Gasteiger partial charge in [0, 0.05) is 18.0 Å². The molecule has 0 bridgehead atoms. The first-order chi connectivity index (χ1) is 10.3. The third-order valence-corrected chi connectivity index (χ3v) is 4.88. The van der Waals surface area contributed by atoms with Crippen molar-refractivity contribution in [3.8, 4) is 5.75 Å². The van der Waals surface area contributed by atoms with Crippen LogP contribution in [-0.4, -0.2) is 37.7 Å². The van der Waals surface area contributed by atoms with Crippen LogP contribution >= 0.6 is 0 Å². The average molecular weight is 288 g/mol. The van der Waals surface area contributed by atoms with E-state index in [1.807, 2.05) is 0 Å². The highest BCUT2D eigenvalue weighted by Crippen LogP contribution is 2.31. The van der Waals surface area contributed by atoms with E-state index in [0.29, 0.717) is 6.04 Å². The van der Waals surface area contributed by atoms with E-state index in [-0.39, 0.29) is 0 Å². The van der Waals surface area contributed by atoms with Gasteiger partial charge in [-0.3, -0.25) is 0 Å². The quantitative estimate of drug-likeness (QED) is 0.842. The summed E-state index contributed by atoms with van der Waals surface area (Å²) in [5.41, 5.74) is 1.33. The molecular weight excluding hydrogens is 260 g/mol. The molecule has 1 fully saturated rings. The number of nitrogens with zero attached hydrogens (tertiary/aromatic N) is 1. The monoisotopic (exact) mass is 288 g/mol. The summed E-state index contributed by atoms with van der Waals surface area (Å²) in [6.45, 7) is 8.14. The van der Waals surface area contributed by atoms with Crippen LogP contribution in [0.2, 0.25) is 0 Å². The molecule has 2 aliphatic rings. The molecule has 3 heteroatoms. The lowest BCUT2D eigenvalue weighted by atomic mass is 9.99. The number of para-hydroxylation sites is 1. The molecule has 1 aromatic carbocycles. The molecule has 1 atom stereocenters. The molecule has 3 nitrogen and oxygen atoms in total. The largest absolute Gasteiger partial charge is 0.493 e. The maximum absolute atomic E-state index is 5.72. The van der Waals surface area contributed by atoms with Crippen molar-refractivity contribution in [1.29, 1.82) is 0 Å². The summed E-state index contributed by atoms with van der Waals surface area (Å²) in [6, 6.07) is 8.91. The van der Waals surface area contributed by atoms with Crippen LogP contribution in [0.1, 0.15) is 44.2 Å². The van der Waals surface area contributed by atoms with Gasteiger partial charge in [0.2, 0.25) is 0 Å². The lowest BCUT2D eigenvalue weighted by Gasteiger charge is -2.31. The van der Waals surface area contributed by atoms with Gasteiger partial charge >= 0.3 is 0 Å². The van der Waals surface area contributed by atoms with Gasteiger partial charge in [0.1, 0.15) is 5.75 Å². The van der Waals surface area contributed by atoms with Crippen LogP contribution in [0.3, 0.4) is 0 Å². The van der Waals surface area contributed by atoms with Crippen molar-refractivity contribution in [2.24, 2.45) is 5.92 Å². The number of nitrogens with one attached hydrogen (secondary N) is 1. The first kappa shape index (κ1) is 14.9. The average Bonchev–Trinajstić information content (AvgIpc) is 2.53.